The van der Waals surface area contributed by atoms with Gasteiger partial charge in [0.05, 0.1) is 39.9 Å². The summed E-state index contributed by atoms with van der Waals surface area (Å²) in [6.45, 7) is 4.72. The lowest BCUT2D eigenvalue weighted by molar-refractivity contribution is -0.870. The van der Waals surface area contributed by atoms with Crippen LogP contribution in [-0.2, 0) is 18.4 Å². The second kappa shape index (κ2) is 72.0. The highest BCUT2D eigenvalue weighted by molar-refractivity contribution is 7.47. The third kappa shape index (κ3) is 74.9. The molecule has 8 nitrogen and oxygen atoms in total. The molecule has 0 heterocycles. The smallest absolute Gasteiger partial charge is 0.387 e. The van der Waals surface area contributed by atoms with E-state index < -0.39 is 20.0 Å². The maximum absolute atomic E-state index is 13.1. The Kier molecular flexibility index (Phi) is 70.1. The van der Waals surface area contributed by atoms with Gasteiger partial charge >= 0.3 is 7.82 Å². The zero-order chi connectivity index (χ0) is 66.2. The summed E-state index contributed by atoms with van der Waals surface area (Å²) in [4.78, 5) is 23.5. The number of likely N-dealkylation sites (N-methyl/N-ethyl adjacent to an activating group) is 1. The molecule has 0 aliphatic heterocycles. The maximum atomic E-state index is 13.1. The lowest BCUT2D eigenvalue weighted by Crippen LogP contribution is -2.45. The van der Waals surface area contributed by atoms with Gasteiger partial charge in [0.2, 0.25) is 5.91 Å². The van der Waals surface area contributed by atoms with E-state index in [-0.39, 0.29) is 19.1 Å². The standard InChI is InChI=1S/C82H153N2O6P/c1-6-8-10-12-14-16-18-20-22-24-26-28-30-32-34-36-38-40-41-42-43-44-46-48-50-52-54-56-58-60-62-64-66-68-70-72-74-76-82(86)83-80(79-90-91(87,88)89-78-77-84(3,4)5)81(85)75-73-71-69-67-65-63-61-59-57-55-53-51-49-47-45-39-37-35-33-31-29-27-25-23-21-19-17-15-13-11-9-7-2/h8,10,14,16,20,22,26,28,57,59,65,67,73,75,80-81,85H,6-7,9,11-13,15,17-19,21,23-25,27,29-56,58,60-64,66,68-72,74,76-79H2,1-5H3,(H-,83,86,87,88)/p+1/b10-8-,16-14-,22-20-,28-26-,59-57+,67-65+,75-73+. The Morgan fingerprint density at radius 2 is 0.670 bits per heavy atom. The molecule has 0 aromatic rings. The topological polar surface area (TPSA) is 105 Å². The molecule has 3 atom stereocenters. The van der Waals surface area contributed by atoms with Crippen molar-refractivity contribution in [3.05, 3.63) is 85.1 Å². The number of amides is 1. The van der Waals surface area contributed by atoms with Crippen molar-refractivity contribution in [1.82, 2.24) is 5.32 Å². The minimum atomic E-state index is -4.37. The molecule has 0 saturated carbocycles. The van der Waals surface area contributed by atoms with Gasteiger partial charge in [-0.25, -0.2) is 4.57 Å². The van der Waals surface area contributed by atoms with E-state index in [1.807, 2.05) is 27.2 Å². The van der Waals surface area contributed by atoms with Crippen molar-refractivity contribution in [2.75, 3.05) is 40.9 Å². The predicted octanol–water partition coefficient (Wildman–Crippen LogP) is 25.8. The fraction of sp³-hybridized carbons (Fsp3) is 0.817. The largest absolute Gasteiger partial charge is 0.472 e. The zero-order valence-corrected chi connectivity index (χ0v) is 62.0. The average Bonchev–Trinajstić information content (AvgIpc) is 3.42. The molecule has 1 amide bonds. The number of nitrogens with one attached hydrogen (secondary N) is 1. The van der Waals surface area contributed by atoms with Gasteiger partial charge in [0.1, 0.15) is 13.2 Å². The van der Waals surface area contributed by atoms with Gasteiger partial charge in [-0.15, -0.1) is 0 Å². The van der Waals surface area contributed by atoms with Gasteiger partial charge in [0, 0.05) is 6.42 Å². The van der Waals surface area contributed by atoms with Crippen LogP contribution in [0.15, 0.2) is 85.1 Å². The molecule has 532 valence electrons. The summed E-state index contributed by atoms with van der Waals surface area (Å²) in [5.41, 5.74) is 0. The Balaban J connectivity index is 4.01. The molecule has 0 bridgehead atoms. The van der Waals surface area contributed by atoms with Crippen LogP contribution in [0.2, 0.25) is 0 Å². The normalized spacial score (nSPS) is 14.0. The van der Waals surface area contributed by atoms with Gasteiger partial charge in [-0.3, -0.25) is 13.8 Å². The molecule has 0 rings (SSSR count). The van der Waals surface area contributed by atoms with E-state index in [0.29, 0.717) is 17.4 Å². The van der Waals surface area contributed by atoms with E-state index in [4.69, 9.17) is 9.05 Å². The fourth-order valence-electron chi connectivity index (χ4n) is 11.8. The molecule has 0 aromatic carbocycles. The SMILES string of the molecule is CC/C=C\C/C=C\C/C=C\C/C=C\CCCCCCCCCCCCCCCCCCCCCCCCCCC(=O)NC(COP(=O)(O)OCC[N+](C)(C)C)C(O)/C=C/CC/C=C/CC/C=C/CCCCCCCCCCCCCCCCCCCCCCCC. The van der Waals surface area contributed by atoms with Crippen LogP contribution in [0, 0.1) is 0 Å². The summed E-state index contributed by atoms with van der Waals surface area (Å²) in [7, 11) is 1.56. The Morgan fingerprint density at radius 3 is 1.01 bits per heavy atom. The molecule has 0 radical (unpaired) electrons. The number of aliphatic hydroxyl groups excluding tert-OH is 1. The number of hydrogen-bond acceptors (Lipinski definition) is 5. The molecule has 0 aliphatic rings. The van der Waals surface area contributed by atoms with Crippen molar-refractivity contribution >= 4 is 13.7 Å². The third-order valence-corrected chi connectivity index (χ3v) is 18.8. The Labute approximate surface area is 567 Å². The van der Waals surface area contributed by atoms with E-state index in [0.717, 1.165) is 70.6 Å². The van der Waals surface area contributed by atoms with Crippen molar-refractivity contribution < 1.29 is 32.9 Å². The summed E-state index contributed by atoms with van der Waals surface area (Å²) in [5, 5.41) is 14.0. The van der Waals surface area contributed by atoms with E-state index in [1.165, 1.54) is 289 Å². The van der Waals surface area contributed by atoms with Crippen LogP contribution in [0.5, 0.6) is 0 Å². The number of hydrogen-bond donors (Lipinski definition) is 3. The molecule has 3 unspecified atom stereocenters. The van der Waals surface area contributed by atoms with Crippen molar-refractivity contribution in [2.45, 2.75) is 392 Å². The van der Waals surface area contributed by atoms with Crippen LogP contribution < -0.4 is 5.32 Å². The highest BCUT2D eigenvalue weighted by Crippen LogP contribution is 2.43. The number of rotatable bonds is 73. The zero-order valence-electron chi connectivity index (χ0n) is 61.1. The van der Waals surface area contributed by atoms with Crippen molar-refractivity contribution in [3.8, 4) is 0 Å². The van der Waals surface area contributed by atoms with Crippen LogP contribution in [0.3, 0.4) is 0 Å². The van der Waals surface area contributed by atoms with E-state index in [2.05, 4.69) is 92.1 Å². The second-order valence-electron chi connectivity index (χ2n) is 28.0. The van der Waals surface area contributed by atoms with Crippen LogP contribution in [0.1, 0.15) is 380 Å². The van der Waals surface area contributed by atoms with Gasteiger partial charge in [0.25, 0.3) is 0 Å². The summed E-state index contributed by atoms with van der Waals surface area (Å²) in [6.07, 6.45) is 104. The highest BCUT2D eigenvalue weighted by Gasteiger charge is 2.28. The van der Waals surface area contributed by atoms with Crippen molar-refractivity contribution in [1.29, 1.82) is 0 Å². The number of carbonyl (C=O) groups is 1. The second-order valence-corrected chi connectivity index (χ2v) is 29.5. The first kappa shape index (κ1) is 88.7. The molecular formula is C82H154N2O6P+. The molecule has 9 heteroatoms. The fourth-order valence-corrected chi connectivity index (χ4v) is 12.5. The Bertz CT molecular complexity index is 1760. The number of phosphoric ester groups is 1. The molecule has 0 fully saturated rings. The van der Waals surface area contributed by atoms with E-state index >= 15 is 0 Å². The molecular weight excluding hydrogens is 1140 g/mol. The number of phosphoric acid groups is 1. The highest BCUT2D eigenvalue weighted by atomic mass is 31.2. The van der Waals surface area contributed by atoms with Crippen LogP contribution in [0.4, 0.5) is 0 Å². The molecule has 91 heavy (non-hydrogen) atoms. The summed E-state index contributed by atoms with van der Waals surface area (Å²) >= 11 is 0. The number of aliphatic hydroxyl groups is 1. The molecule has 3 N–H and O–H groups in total. The van der Waals surface area contributed by atoms with Gasteiger partial charge in [-0.1, -0.05) is 375 Å². The number of nitrogens with zero attached hydrogens (tertiary/aromatic N) is 1. The summed E-state index contributed by atoms with van der Waals surface area (Å²) < 4.78 is 23.8. The Hall–Kier alpha value is -2.32. The van der Waals surface area contributed by atoms with E-state index in [9.17, 15) is 19.4 Å². The van der Waals surface area contributed by atoms with Gasteiger partial charge < -0.3 is 19.8 Å². The molecule has 0 saturated heterocycles. The van der Waals surface area contributed by atoms with Crippen LogP contribution >= 0.6 is 7.82 Å². The predicted molar refractivity (Wildman–Crippen MR) is 401 cm³/mol. The first-order chi connectivity index (χ1) is 44.5. The summed E-state index contributed by atoms with van der Waals surface area (Å²) in [5.74, 6) is -0.185. The minimum absolute atomic E-state index is 0.0530. The minimum Gasteiger partial charge on any atom is -0.387 e. The quantitative estimate of drug-likeness (QED) is 0.0243. The molecule has 0 spiro atoms. The van der Waals surface area contributed by atoms with Crippen LogP contribution in [0.25, 0.3) is 0 Å². The lowest BCUT2D eigenvalue weighted by atomic mass is 10.0. The average molecular weight is 1300 g/mol. The third-order valence-electron chi connectivity index (χ3n) is 17.8. The van der Waals surface area contributed by atoms with Crippen molar-refractivity contribution in [2.24, 2.45) is 0 Å². The summed E-state index contributed by atoms with van der Waals surface area (Å²) in [6, 6.07) is -0.874. The number of carbonyl (C=O) groups excluding carboxylic acids is 1. The number of allylic oxidation sites excluding steroid dienone is 13. The van der Waals surface area contributed by atoms with Gasteiger partial charge in [-0.05, 0) is 83.5 Å². The lowest BCUT2D eigenvalue weighted by Gasteiger charge is -2.25. The first-order valence-electron chi connectivity index (χ1n) is 39.5. The first-order valence-corrected chi connectivity index (χ1v) is 41.0. The van der Waals surface area contributed by atoms with Gasteiger partial charge in [-0.2, -0.15) is 0 Å². The monoisotopic (exact) mass is 1290 g/mol. The van der Waals surface area contributed by atoms with Crippen molar-refractivity contribution in [3.63, 3.8) is 0 Å². The molecule has 0 aromatic heterocycles. The number of unbranched alkanes of at least 4 members (excludes halogenated alkanes) is 48. The molecule has 0 aliphatic carbocycles. The van der Waals surface area contributed by atoms with E-state index in [1.54, 1.807) is 6.08 Å². The number of quaternary nitrogens is 1. The van der Waals surface area contributed by atoms with Gasteiger partial charge in [0.15, 0.2) is 0 Å². The van der Waals surface area contributed by atoms with Crippen LogP contribution in [-0.4, -0.2) is 73.4 Å². The maximum Gasteiger partial charge on any atom is 0.472 e. The Morgan fingerprint density at radius 1 is 0.385 bits per heavy atom.